The lowest BCUT2D eigenvalue weighted by molar-refractivity contribution is 0.252. The lowest BCUT2D eigenvalue weighted by Crippen LogP contribution is -2.32. The van der Waals surface area contributed by atoms with Gasteiger partial charge < -0.3 is 16.0 Å². The quantitative estimate of drug-likeness (QED) is 0.703. The number of aryl methyl sites for hydroxylation is 1. The van der Waals surface area contributed by atoms with E-state index in [2.05, 4.69) is 29.8 Å². The van der Waals surface area contributed by atoms with E-state index in [0.29, 0.717) is 17.6 Å². The standard InChI is InChI=1S/C14H22ClN3O/c1-10(2)16-7-4-8-17-14(19)18-13-9-12(15)6-5-11(13)3/h5-6,9-10,16H,4,7-8H2,1-3H3,(H2,17,18,19). The number of urea groups is 1. The van der Waals surface area contributed by atoms with Crippen molar-refractivity contribution in [2.45, 2.75) is 33.2 Å². The van der Waals surface area contributed by atoms with Gasteiger partial charge in [0.2, 0.25) is 0 Å². The minimum Gasteiger partial charge on any atom is -0.338 e. The van der Waals surface area contributed by atoms with Crippen molar-refractivity contribution in [3.63, 3.8) is 0 Å². The lowest BCUT2D eigenvalue weighted by atomic mass is 10.2. The molecule has 19 heavy (non-hydrogen) atoms. The third kappa shape index (κ3) is 6.45. The minimum absolute atomic E-state index is 0.199. The van der Waals surface area contributed by atoms with Crippen LogP contribution >= 0.6 is 11.6 Å². The molecule has 106 valence electrons. The Bertz CT molecular complexity index is 421. The Morgan fingerprint density at radius 1 is 1.32 bits per heavy atom. The Labute approximate surface area is 119 Å². The Balaban J connectivity index is 2.29. The second-order valence-corrected chi connectivity index (χ2v) is 5.24. The number of nitrogens with one attached hydrogen (secondary N) is 3. The molecule has 1 rings (SSSR count). The fourth-order valence-corrected chi connectivity index (χ4v) is 1.75. The summed E-state index contributed by atoms with van der Waals surface area (Å²) in [6.45, 7) is 7.67. The van der Waals surface area contributed by atoms with Crippen LogP contribution in [0.25, 0.3) is 0 Å². The maximum absolute atomic E-state index is 11.7. The van der Waals surface area contributed by atoms with E-state index in [9.17, 15) is 4.79 Å². The summed E-state index contributed by atoms with van der Waals surface area (Å²) in [5, 5.41) is 9.52. The summed E-state index contributed by atoms with van der Waals surface area (Å²) >= 11 is 5.90. The molecule has 0 aliphatic carbocycles. The molecule has 0 unspecified atom stereocenters. The zero-order chi connectivity index (χ0) is 14.3. The van der Waals surface area contributed by atoms with Gasteiger partial charge in [0.05, 0.1) is 0 Å². The molecule has 4 nitrogen and oxygen atoms in total. The first-order valence-corrected chi connectivity index (χ1v) is 6.91. The van der Waals surface area contributed by atoms with Crippen molar-refractivity contribution in [2.24, 2.45) is 0 Å². The van der Waals surface area contributed by atoms with Crippen LogP contribution in [-0.2, 0) is 0 Å². The Morgan fingerprint density at radius 2 is 2.05 bits per heavy atom. The highest BCUT2D eigenvalue weighted by Gasteiger charge is 2.04. The second kappa shape index (κ2) is 8.02. The molecule has 1 aromatic rings. The molecule has 0 fully saturated rings. The molecular formula is C14H22ClN3O. The predicted octanol–water partition coefficient (Wildman–Crippen LogP) is 3.16. The SMILES string of the molecule is Cc1ccc(Cl)cc1NC(=O)NCCCNC(C)C. The molecule has 0 spiro atoms. The van der Waals surface area contributed by atoms with Crippen LogP contribution in [0.5, 0.6) is 0 Å². The van der Waals surface area contributed by atoms with Crippen molar-refractivity contribution in [2.75, 3.05) is 18.4 Å². The minimum atomic E-state index is -0.199. The molecule has 5 heteroatoms. The Morgan fingerprint density at radius 3 is 2.74 bits per heavy atom. The number of carbonyl (C=O) groups is 1. The molecule has 3 N–H and O–H groups in total. The number of hydrogen-bond acceptors (Lipinski definition) is 2. The third-order valence-corrected chi connectivity index (χ3v) is 2.87. The van der Waals surface area contributed by atoms with Crippen LogP contribution in [0.4, 0.5) is 10.5 Å². The Kier molecular flexibility index (Phi) is 6.67. The van der Waals surface area contributed by atoms with Gasteiger partial charge in [-0.3, -0.25) is 0 Å². The maximum atomic E-state index is 11.7. The predicted molar refractivity (Wildman–Crippen MR) is 81.0 cm³/mol. The fraction of sp³-hybridized carbons (Fsp3) is 0.500. The summed E-state index contributed by atoms with van der Waals surface area (Å²) < 4.78 is 0. The number of benzene rings is 1. The van der Waals surface area contributed by atoms with Crippen LogP contribution in [-0.4, -0.2) is 25.2 Å². The van der Waals surface area contributed by atoms with Gasteiger partial charge in [-0.15, -0.1) is 0 Å². The first-order valence-electron chi connectivity index (χ1n) is 6.53. The zero-order valence-corrected chi connectivity index (χ0v) is 12.5. The zero-order valence-electron chi connectivity index (χ0n) is 11.7. The molecule has 0 bridgehead atoms. The van der Waals surface area contributed by atoms with Gasteiger partial charge in [0.25, 0.3) is 0 Å². The average Bonchev–Trinajstić information content (AvgIpc) is 2.33. The highest BCUT2D eigenvalue weighted by Crippen LogP contribution is 2.19. The number of hydrogen-bond donors (Lipinski definition) is 3. The summed E-state index contributed by atoms with van der Waals surface area (Å²) in [7, 11) is 0. The summed E-state index contributed by atoms with van der Waals surface area (Å²) in [6, 6.07) is 5.71. The molecule has 0 aliphatic heterocycles. The van der Waals surface area contributed by atoms with Gasteiger partial charge in [0, 0.05) is 23.3 Å². The molecule has 1 aromatic carbocycles. The van der Waals surface area contributed by atoms with E-state index >= 15 is 0 Å². The van der Waals surface area contributed by atoms with Crippen molar-refractivity contribution in [1.82, 2.24) is 10.6 Å². The van der Waals surface area contributed by atoms with Gasteiger partial charge in [0.1, 0.15) is 0 Å². The number of carbonyl (C=O) groups excluding carboxylic acids is 1. The normalized spacial score (nSPS) is 10.6. The van der Waals surface area contributed by atoms with E-state index in [1.165, 1.54) is 0 Å². The molecule has 0 saturated heterocycles. The van der Waals surface area contributed by atoms with Gasteiger partial charge in [0.15, 0.2) is 0 Å². The van der Waals surface area contributed by atoms with Crippen LogP contribution in [0.1, 0.15) is 25.8 Å². The van der Waals surface area contributed by atoms with E-state index in [0.717, 1.165) is 24.2 Å². The van der Waals surface area contributed by atoms with E-state index in [1.807, 2.05) is 13.0 Å². The molecule has 2 amide bonds. The van der Waals surface area contributed by atoms with Crippen molar-refractivity contribution in [3.8, 4) is 0 Å². The molecule has 0 aromatic heterocycles. The summed E-state index contributed by atoms with van der Waals surface area (Å²) in [4.78, 5) is 11.7. The highest BCUT2D eigenvalue weighted by molar-refractivity contribution is 6.31. The van der Waals surface area contributed by atoms with Gasteiger partial charge in [-0.1, -0.05) is 31.5 Å². The van der Waals surface area contributed by atoms with Crippen LogP contribution in [0.2, 0.25) is 5.02 Å². The van der Waals surface area contributed by atoms with Gasteiger partial charge in [-0.05, 0) is 37.6 Å². The third-order valence-electron chi connectivity index (χ3n) is 2.64. The van der Waals surface area contributed by atoms with Crippen LogP contribution in [0, 0.1) is 6.92 Å². The molecule has 0 heterocycles. The van der Waals surface area contributed by atoms with Gasteiger partial charge in [-0.2, -0.15) is 0 Å². The smallest absolute Gasteiger partial charge is 0.319 e. The summed E-state index contributed by atoms with van der Waals surface area (Å²) in [5.41, 5.74) is 1.73. The molecule has 0 atom stereocenters. The summed E-state index contributed by atoms with van der Waals surface area (Å²) in [5.74, 6) is 0. The average molecular weight is 284 g/mol. The number of anilines is 1. The Hall–Kier alpha value is -1.26. The topological polar surface area (TPSA) is 53.2 Å². The summed E-state index contributed by atoms with van der Waals surface area (Å²) in [6.07, 6.45) is 0.903. The van der Waals surface area contributed by atoms with Gasteiger partial charge >= 0.3 is 6.03 Å². The number of amides is 2. The second-order valence-electron chi connectivity index (χ2n) is 4.80. The molecule has 0 aliphatic rings. The largest absolute Gasteiger partial charge is 0.338 e. The van der Waals surface area contributed by atoms with Crippen molar-refractivity contribution in [1.29, 1.82) is 0 Å². The van der Waals surface area contributed by atoms with Crippen LogP contribution in [0.15, 0.2) is 18.2 Å². The molecule has 0 radical (unpaired) electrons. The molecular weight excluding hydrogens is 262 g/mol. The number of halogens is 1. The maximum Gasteiger partial charge on any atom is 0.319 e. The van der Waals surface area contributed by atoms with E-state index in [-0.39, 0.29) is 6.03 Å². The van der Waals surface area contributed by atoms with Crippen molar-refractivity contribution in [3.05, 3.63) is 28.8 Å². The van der Waals surface area contributed by atoms with Crippen LogP contribution < -0.4 is 16.0 Å². The van der Waals surface area contributed by atoms with Crippen LogP contribution in [0.3, 0.4) is 0 Å². The number of rotatable bonds is 6. The lowest BCUT2D eigenvalue weighted by Gasteiger charge is -2.11. The monoisotopic (exact) mass is 283 g/mol. The first-order chi connectivity index (χ1) is 8.99. The van der Waals surface area contributed by atoms with E-state index < -0.39 is 0 Å². The fourth-order valence-electron chi connectivity index (χ4n) is 1.58. The van der Waals surface area contributed by atoms with E-state index in [4.69, 9.17) is 11.6 Å². The van der Waals surface area contributed by atoms with Gasteiger partial charge in [-0.25, -0.2) is 4.79 Å². The van der Waals surface area contributed by atoms with Crippen molar-refractivity contribution >= 4 is 23.3 Å². The highest BCUT2D eigenvalue weighted by atomic mass is 35.5. The molecule has 0 saturated carbocycles. The van der Waals surface area contributed by atoms with E-state index in [1.54, 1.807) is 12.1 Å². The van der Waals surface area contributed by atoms with Crippen molar-refractivity contribution < 1.29 is 4.79 Å². The first kappa shape index (κ1) is 15.8.